The number of anilines is 1. The number of alkyl halides is 3. The van der Waals surface area contributed by atoms with Gasteiger partial charge in [0.1, 0.15) is 11.4 Å². The van der Waals surface area contributed by atoms with Gasteiger partial charge in [0.2, 0.25) is 5.43 Å². The molecule has 0 spiro atoms. The van der Waals surface area contributed by atoms with Gasteiger partial charge in [0.05, 0.1) is 16.8 Å². The lowest BCUT2D eigenvalue weighted by molar-refractivity contribution is -0.137. The number of aromatic nitrogens is 1. The maximum atomic E-state index is 14.0. The van der Waals surface area contributed by atoms with Gasteiger partial charge in [-0.3, -0.25) is 9.59 Å². The number of fused-ring (bicyclic) bond motifs is 1. The van der Waals surface area contributed by atoms with Gasteiger partial charge < -0.3 is 9.88 Å². The van der Waals surface area contributed by atoms with E-state index in [-0.39, 0.29) is 22.2 Å². The summed E-state index contributed by atoms with van der Waals surface area (Å²) in [4.78, 5) is 25.2. The van der Waals surface area contributed by atoms with Crippen molar-refractivity contribution in [3.05, 3.63) is 74.2 Å². The van der Waals surface area contributed by atoms with Gasteiger partial charge in [-0.2, -0.15) is 13.2 Å². The lowest BCUT2D eigenvalue weighted by Crippen LogP contribution is -2.24. The average Bonchev–Trinajstić information content (AvgIpc) is 2.63. The third-order valence-electron chi connectivity index (χ3n) is 4.17. The molecule has 146 valence electrons. The summed E-state index contributed by atoms with van der Waals surface area (Å²) in [5.74, 6) is -1.63. The van der Waals surface area contributed by atoms with Crippen LogP contribution in [-0.4, -0.2) is 10.5 Å². The summed E-state index contributed by atoms with van der Waals surface area (Å²) in [7, 11) is 0. The van der Waals surface area contributed by atoms with Crippen LogP contribution in [0.5, 0.6) is 0 Å². The van der Waals surface area contributed by atoms with Crippen LogP contribution in [-0.2, 0) is 12.7 Å². The zero-order chi connectivity index (χ0) is 20.6. The molecular weight excluding hydrogens is 444 g/mol. The second-order valence-corrected chi connectivity index (χ2v) is 6.88. The Balaban J connectivity index is 2.13. The molecule has 0 aliphatic rings. The number of carbonyl (C=O) groups excluding carboxylic acids is 1. The lowest BCUT2D eigenvalue weighted by atomic mass is 10.1. The van der Waals surface area contributed by atoms with E-state index in [4.69, 9.17) is 0 Å². The number of aryl methyl sites for hydroxylation is 1. The predicted octanol–water partition coefficient (Wildman–Crippen LogP) is 5.19. The maximum absolute atomic E-state index is 14.0. The van der Waals surface area contributed by atoms with E-state index in [0.717, 1.165) is 18.2 Å². The van der Waals surface area contributed by atoms with Gasteiger partial charge >= 0.3 is 6.18 Å². The Bertz CT molecular complexity index is 1140. The molecule has 28 heavy (non-hydrogen) atoms. The zero-order valence-electron chi connectivity index (χ0n) is 14.4. The predicted molar refractivity (Wildman–Crippen MR) is 101 cm³/mol. The molecule has 0 aliphatic heterocycles. The molecule has 0 bridgehead atoms. The number of benzene rings is 2. The molecule has 0 radical (unpaired) electrons. The molecule has 1 aromatic heterocycles. The molecule has 0 atom stereocenters. The SMILES string of the molecule is CCn1cc(C(=O)Nc2ccc(Br)cc2F)c(=O)c2cc(C(F)(F)F)ccc21. The van der Waals surface area contributed by atoms with E-state index in [1.54, 1.807) is 6.92 Å². The largest absolute Gasteiger partial charge is 0.416 e. The van der Waals surface area contributed by atoms with Crippen LogP contribution in [0.4, 0.5) is 23.2 Å². The zero-order valence-corrected chi connectivity index (χ0v) is 16.0. The van der Waals surface area contributed by atoms with Crippen LogP contribution < -0.4 is 10.7 Å². The summed E-state index contributed by atoms with van der Waals surface area (Å²) < 4.78 is 55.0. The molecule has 1 N–H and O–H groups in total. The molecular formula is C19H13BrF4N2O2. The molecule has 0 aliphatic carbocycles. The summed E-state index contributed by atoms with van der Waals surface area (Å²) in [5.41, 5.74) is -2.11. The number of nitrogens with one attached hydrogen (secondary N) is 1. The Kier molecular flexibility index (Phi) is 5.29. The van der Waals surface area contributed by atoms with Gasteiger partial charge in [-0.05, 0) is 43.3 Å². The second-order valence-electron chi connectivity index (χ2n) is 5.97. The Morgan fingerprint density at radius 1 is 1.18 bits per heavy atom. The summed E-state index contributed by atoms with van der Waals surface area (Å²) in [6.07, 6.45) is -3.37. The molecule has 3 aromatic rings. The smallest absolute Gasteiger partial charge is 0.347 e. The average molecular weight is 457 g/mol. The molecule has 2 aromatic carbocycles. The first kappa shape index (κ1) is 20.1. The number of hydrogen-bond donors (Lipinski definition) is 1. The summed E-state index contributed by atoms with van der Waals surface area (Å²) >= 11 is 3.09. The van der Waals surface area contributed by atoms with E-state index in [0.29, 0.717) is 11.0 Å². The van der Waals surface area contributed by atoms with E-state index < -0.39 is 28.9 Å². The quantitative estimate of drug-likeness (QED) is 0.551. The highest BCUT2D eigenvalue weighted by atomic mass is 79.9. The number of halogens is 5. The fourth-order valence-corrected chi connectivity index (χ4v) is 3.11. The molecule has 1 amide bonds. The Morgan fingerprint density at radius 3 is 2.50 bits per heavy atom. The highest BCUT2D eigenvalue weighted by molar-refractivity contribution is 9.10. The van der Waals surface area contributed by atoms with Crippen LogP contribution >= 0.6 is 15.9 Å². The minimum absolute atomic E-state index is 0.153. The van der Waals surface area contributed by atoms with Crippen LogP contribution in [0.1, 0.15) is 22.8 Å². The topological polar surface area (TPSA) is 51.1 Å². The van der Waals surface area contributed by atoms with Crippen molar-refractivity contribution in [3.8, 4) is 0 Å². The first-order valence-corrected chi connectivity index (χ1v) is 8.92. The monoisotopic (exact) mass is 456 g/mol. The maximum Gasteiger partial charge on any atom is 0.416 e. The Morgan fingerprint density at radius 2 is 1.89 bits per heavy atom. The van der Waals surface area contributed by atoms with Crippen LogP contribution in [0.15, 0.2) is 51.9 Å². The Hall–Kier alpha value is -2.68. The van der Waals surface area contributed by atoms with Gasteiger partial charge in [0.25, 0.3) is 5.91 Å². The highest BCUT2D eigenvalue weighted by Crippen LogP contribution is 2.31. The van der Waals surface area contributed by atoms with E-state index in [1.165, 1.54) is 29.0 Å². The summed E-state index contributed by atoms with van der Waals surface area (Å²) in [6.45, 7) is 2.03. The van der Waals surface area contributed by atoms with E-state index >= 15 is 0 Å². The molecule has 4 nitrogen and oxygen atoms in total. The van der Waals surface area contributed by atoms with Crippen molar-refractivity contribution < 1.29 is 22.4 Å². The van der Waals surface area contributed by atoms with Gasteiger partial charge in [-0.15, -0.1) is 0 Å². The lowest BCUT2D eigenvalue weighted by Gasteiger charge is -2.14. The van der Waals surface area contributed by atoms with Crippen LogP contribution in [0.25, 0.3) is 10.9 Å². The van der Waals surface area contributed by atoms with Crippen molar-refractivity contribution >= 4 is 38.4 Å². The van der Waals surface area contributed by atoms with Crippen molar-refractivity contribution in [2.75, 3.05) is 5.32 Å². The number of pyridine rings is 1. The van der Waals surface area contributed by atoms with Crippen LogP contribution in [0.2, 0.25) is 0 Å². The fraction of sp³-hybridized carbons (Fsp3) is 0.158. The standard InChI is InChI=1S/C19H13BrF4N2O2/c1-2-26-9-13(18(28)25-15-5-4-11(20)8-14(15)21)17(27)12-7-10(19(22,23)24)3-6-16(12)26/h3-9H,2H2,1H3,(H,25,28). The van der Waals surface area contributed by atoms with Gasteiger partial charge in [-0.1, -0.05) is 15.9 Å². The Labute approximate surface area is 164 Å². The number of nitrogens with zero attached hydrogens (tertiary/aromatic N) is 1. The normalized spacial score (nSPS) is 11.6. The van der Waals surface area contributed by atoms with Gasteiger partial charge in [0.15, 0.2) is 0 Å². The minimum Gasteiger partial charge on any atom is -0.347 e. The van der Waals surface area contributed by atoms with E-state index in [1.807, 2.05) is 0 Å². The number of carbonyl (C=O) groups is 1. The van der Waals surface area contributed by atoms with E-state index in [9.17, 15) is 27.2 Å². The summed E-state index contributed by atoms with van der Waals surface area (Å²) in [6, 6.07) is 6.73. The van der Waals surface area contributed by atoms with Crippen LogP contribution in [0.3, 0.4) is 0 Å². The molecule has 3 rings (SSSR count). The molecule has 0 saturated carbocycles. The first-order chi connectivity index (χ1) is 13.1. The van der Waals surface area contributed by atoms with Crippen molar-refractivity contribution in [2.45, 2.75) is 19.6 Å². The highest BCUT2D eigenvalue weighted by Gasteiger charge is 2.31. The van der Waals surface area contributed by atoms with Gasteiger partial charge in [0, 0.05) is 22.6 Å². The second kappa shape index (κ2) is 7.38. The molecule has 0 saturated heterocycles. The summed E-state index contributed by atoms with van der Waals surface area (Å²) in [5, 5.41) is 2.05. The number of rotatable bonds is 3. The van der Waals surface area contributed by atoms with E-state index in [2.05, 4.69) is 21.2 Å². The molecule has 9 heteroatoms. The third kappa shape index (κ3) is 3.80. The molecule has 1 heterocycles. The number of hydrogen-bond acceptors (Lipinski definition) is 2. The van der Waals surface area contributed by atoms with Gasteiger partial charge in [-0.25, -0.2) is 4.39 Å². The van der Waals surface area contributed by atoms with Crippen molar-refractivity contribution in [1.29, 1.82) is 0 Å². The number of amides is 1. The van der Waals surface area contributed by atoms with Crippen molar-refractivity contribution in [2.24, 2.45) is 0 Å². The minimum atomic E-state index is -4.63. The van der Waals surface area contributed by atoms with Crippen LogP contribution in [0, 0.1) is 5.82 Å². The first-order valence-electron chi connectivity index (χ1n) is 8.12. The molecule has 0 unspecified atom stereocenters. The third-order valence-corrected chi connectivity index (χ3v) is 4.67. The fourth-order valence-electron chi connectivity index (χ4n) is 2.78. The van der Waals surface area contributed by atoms with Crippen molar-refractivity contribution in [3.63, 3.8) is 0 Å². The van der Waals surface area contributed by atoms with Crippen molar-refractivity contribution in [1.82, 2.24) is 4.57 Å². The molecule has 0 fully saturated rings.